The zero-order chi connectivity index (χ0) is 13.8. The largest absolute Gasteiger partial charge is 0.352 e. The Bertz CT molecular complexity index is 268. The molecule has 0 atom stereocenters. The lowest BCUT2D eigenvalue weighted by molar-refractivity contribution is -0.127. The van der Waals surface area contributed by atoms with Crippen LogP contribution in [0.5, 0.6) is 0 Å². The molecule has 0 radical (unpaired) electrons. The van der Waals surface area contributed by atoms with Crippen LogP contribution in [-0.2, 0) is 4.79 Å². The van der Waals surface area contributed by atoms with Crippen molar-refractivity contribution in [1.29, 1.82) is 0 Å². The minimum Gasteiger partial charge on any atom is -0.352 e. The topological polar surface area (TPSA) is 44.4 Å². The summed E-state index contributed by atoms with van der Waals surface area (Å²) in [5, 5.41) is 6.39. The van der Waals surface area contributed by atoms with E-state index in [1.54, 1.807) is 0 Å². The van der Waals surface area contributed by atoms with Gasteiger partial charge in [0, 0.05) is 25.2 Å². The zero-order valence-corrected chi connectivity index (χ0v) is 12.5. The number of piperidine rings is 1. The van der Waals surface area contributed by atoms with Crippen LogP contribution in [0.2, 0.25) is 0 Å². The average Bonchev–Trinajstić information content (AvgIpc) is 2.29. The van der Waals surface area contributed by atoms with Gasteiger partial charge >= 0.3 is 0 Å². The first-order chi connectivity index (χ1) is 8.36. The van der Waals surface area contributed by atoms with Gasteiger partial charge in [0.15, 0.2) is 0 Å². The van der Waals surface area contributed by atoms with Crippen LogP contribution in [0.3, 0.4) is 0 Å². The maximum atomic E-state index is 12.2. The van der Waals surface area contributed by atoms with Crippen molar-refractivity contribution in [3.8, 4) is 0 Å². The Hall–Kier alpha value is -0.610. The van der Waals surface area contributed by atoms with Crippen LogP contribution in [0.25, 0.3) is 0 Å². The molecule has 4 nitrogen and oxygen atoms in total. The Morgan fingerprint density at radius 3 is 2.33 bits per heavy atom. The maximum absolute atomic E-state index is 12.2. The standard InChI is InChI=1S/C14H29N3O/c1-6-15-14(4,5)13(18)16-12-7-9-17(10-8-12)11(2)3/h11-12,15H,6-10H2,1-5H3,(H,16,18). The van der Waals surface area contributed by atoms with E-state index in [-0.39, 0.29) is 5.91 Å². The minimum atomic E-state index is -0.468. The van der Waals surface area contributed by atoms with Crippen LogP contribution in [-0.4, -0.2) is 48.1 Å². The summed E-state index contributed by atoms with van der Waals surface area (Å²) >= 11 is 0. The summed E-state index contributed by atoms with van der Waals surface area (Å²) in [7, 11) is 0. The molecule has 2 N–H and O–H groups in total. The van der Waals surface area contributed by atoms with Crippen molar-refractivity contribution in [3.63, 3.8) is 0 Å². The summed E-state index contributed by atoms with van der Waals surface area (Å²) in [6, 6.07) is 0.949. The first-order valence-corrected chi connectivity index (χ1v) is 7.17. The highest BCUT2D eigenvalue weighted by molar-refractivity contribution is 5.85. The maximum Gasteiger partial charge on any atom is 0.239 e. The van der Waals surface area contributed by atoms with Gasteiger partial charge in [0.25, 0.3) is 0 Å². The molecule has 1 fully saturated rings. The quantitative estimate of drug-likeness (QED) is 0.780. The van der Waals surface area contributed by atoms with E-state index in [1.807, 2.05) is 20.8 Å². The number of amides is 1. The second-order valence-corrected chi connectivity index (χ2v) is 6.03. The normalized spacial score (nSPS) is 19.2. The van der Waals surface area contributed by atoms with Gasteiger partial charge in [0.05, 0.1) is 5.54 Å². The van der Waals surface area contributed by atoms with E-state index in [2.05, 4.69) is 29.4 Å². The molecule has 1 heterocycles. The highest BCUT2D eigenvalue weighted by Gasteiger charge is 2.29. The van der Waals surface area contributed by atoms with Crippen LogP contribution in [0.15, 0.2) is 0 Å². The number of nitrogens with one attached hydrogen (secondary N) is 2. The highest BCUT2D eigenvalue weighted by Crippen LogP contribution is 2.14. The molecular formula is C14H29N3O. The molecule has 0 aliphatic carbocycles. The fraction of sp³-hybridized carbons (Fsp3) is 0.929. The molecule has 18 heavy (non-hydrogen) atoms. The predicted molar refractivity (Wildman–Crippen MR) is 75.6 cm³/mol. The molecule has 4 heteroatoms. The number of rotatable bonds is 5. The molecule has 0 bridgehead atoms. The van der Waals surface area contributed by atoms with Gasteiger partial charge < -0.3 is 15.5 Å². The van der Waals surface area contributed by atoms with Gasteiger partial charge in [0.2, 0.25) is 5.91 Å². The van der Waals surface area contributed by atoms with E-state index in [4.69, 9.17) is 0 Å². The Labute approximate surface area is 111 Å². The SMILES string of the molecule is CCNC(C)(C)C(=O)NC1CCN(C(C)C)CC1. The van der Waals surface area contributed by atoms with Crippen molar-refractivity contribution in [2.45, 2.75) is 65.1 Å². The van der Waals surface area contributed by atoms with Gasteiger partial charge in [-0.1, -0.05) is 6.92 Å². The second kappa shape index (κ2) is 6.53. The predicted octanol–water partition coefficient (Wildman–Crippen LogP) is 1.36. The number of hydrogen-bond acceptors (Lipinski definition) is 3. The van der Waals surface area contributed by atoms with E-state index < -0.39 is 5.54 Å². The number of carbonyl (C=O) groups is 1. The van der Waals surface area contributed by atoms with Gasteiger partial charge in [-0.25, -0.2) is 0 Å². The third-order valence-electron chi connectivity index (χ3n) is 3.78. The van der Waals surface area contributed by atoms with E-state index in [0.717, 1.165) is 32.5 Å². The summed E-state index contributed by atoms with van der Waals surface area (Å²) in [5.41, 5.74) is -0.468. The summed E-state index contributed by atoms with van der Waals surface area (Å²) in [4.78, 5) is 14.6. The molecular weight excluding hydrogens is 226 g/mol. The summed E-state index contributed by atoms with van der Waals surface area (Å²) in [6.07, 6.45) is 2.12. The molecule has 0 unspecified atom stereocenters. The minimum absolute atomic E-state index is 0.118. The lowest BCUT2D eigenvalue weighted by Gasteiger charge is -2.36. The van der Waals surface area contributed by atoms with E-state index >= 15 is 0 Å². The monoisotopic (exact) mass is 255 g/mol. The van der Waals surface area contributed by atoms with E-state index in [0.29, 0.717) is 12.1 Å². The molecule has 0 aromatic rings. The highest BCUT2D eigenvalue weighted by atomic mass is 16.2. The van der Waals surface area contributed by atoms with Crippen LogP contribution < -0.4 is 10.6 Å². The van der Waals surface area contributed by atoms with Crippen LogP contribution in [0.4, 0.5) is 0 Å². The van der Waals surface area contributed by atoms with Gasteiger partial charge in [0.1, 0.15) is 0 Å². The van der Waals surface area contributed by atoms with E-state index in [1.165, 1.54) is 0 Å². The van der Waals surface area contributed by atoms with Crippen molar-refractivity contribution in [3.05, 3.63) is 0 Å². The Morgan fingerprint density at radius 2 is 1.89 bits per heavy atom. The summed E-state index contributed by atoms with van der Waals surface area (Å²) in [5.74, 6) is 0.118. The number of nitrogens with zero attached hydrogens (tertiary/aromatic N) is 1. The fourth-order valence-electron chi connectivity index (χ4n) is 2.45. The molecule has 1 amide bonds. The van der Waals surface area contributed by atoms with Crippen molar-refractivity contribution in [2.75, 3.05) is 19.6 Å². The second-order valence-electron chi connectivity index (χ2n) is 6.03. The first-order valence-electron chi connectivity index (χ1n) is 7.17. The molecule has 0 aromatic carbocycles. The lowest BCUT2D eigenvalue weighted by Crippen LogP contribution is -2.56. The lowest BCUT2D eigenvalue weighted by atomic mass is 10.00. The van der Waals surface area contributed by atoms with Crippen LogP contribution in [0.1, 0.15) is 47.5 Å². The van der Waals surface area contributed by atoms with Crippen molar-refractivity contribution >= 4 is 5.91 Å². The smallest absolute Gasteiger partial charge is 0.239 e. The summed E-state index contributed by atoms with van der Waals surface area (Å²) in [6.45, 7) is 13.3. The number of carbonyl (C=O) groups excluding carboxylic acids is 1. The molecule has 0 spiro atoms. The molecule has 1 aliphatic heterocycles. The summed E-state index contributed by atoms with van der Waals surface area (Å²) < 4.78 is 0. The Morgan fingerprint density at radius 1 is 1.33 bits per heavy atom. The number of likely N-dealkylation sites (tertiary alicyclic amines) is 1. The van der Waals surface area contributed by atoms with Crippen LogP contribution in [0, 0.1) is 0 Å². The molecule has 106 valence electrons. The van der Waals surface area contributed by atoms with Crippen molar-refractivity contribution in [1.82, 2.24) is 15.5 Å². The molecule has 0 aromatic heterocycles. The Kier molecular flexibility index (Phi) is 5.60. The van der Waals surface area contributed by atoms with Crippen LogP contribution >= 0.6 is 0 Å². The molecule has 1 rings (SSSR count). The third kappa shape index (κ3) is 4.25. The number of likely N-dealkylation sites (N-methyl/N-ethyl adjacent to an activating group) is 1. The van der Waals surface area contributed by atoms with Gasteiger partial charge in [-0.05, 0) is 47.1 Å². The van der Waals surface area contributed by atoms with Gasteiger partial charge in [-0.2, -0.15) is 0 Å². The Balaban J connectivity index is 2.39. The first kappa shape index (κ1) is 15.4. The molecule has 0 saturated carbocycles. The molecule has 1 saturated heterocycles. The fourth-order valence-corrected chi connectivity index (χ4v) is 2.45. The van der Waals surface area contributed by atoms with Gasteiger partial charge in [-0.15, -0.1) is 0 Å². The third-order valence-corrected chi connectivity index (χ3v) is 3.78. The average molecular weight is 255 g/mol. The van der Waals surface area contributed by atoms with Gasteiger partial charge in [-0.3, -0.25) is 4.79 Å². The van der Waals surface area contributed by atoms with E-state index in [9.17, 15) is 4.79 Å². The zero-order valence-electron chi connectivity index (χ0n) is 12.5. The number of hydrogen-bond donors (Lipinski definition) is 2. The molecule has 1 aliphatic rings. The van der Waals surface area contributed by atoms with Crippen molar-refractivity contribution in [2.24, 2.45) is 0 Å². The van der Waals surface area contributed by atoms with Crippen molar-refractivity contribution < 1.29 is 4.79 Å².